The summed E-state index contributed by atoms with van der Waals surface area (Å²) in [4.78, 5) is 4.34. The molecule has 7 nitrogen and oxygen atoms in total. The third-order valence-corrected chi connectivity index (χ3v) is 5.36. The van der Waals surface area contributed by atoms with Gasteiger partial charge >= 0.3 is 0 Å². The molecule has 0 saturated carbocycles. The molecule has 2 aromatic heterocycles. The minimum absolute atomic E-state index is 0.00700. The zero-order valence-electron chi connectivity index (χ0n) is 14.2. The fourth-order valence-corrected chi connectivity index (χ4v) is 3.82. The van der Waals surface area contributed by atoms with Crippen LogP contribution in [0.3, 0.4) is 0 Å². The molecule has 0 saturated heterocycles. The molecule has 0 bridgehead atoms. The molecule has 26 heavy (non-hydrogen) atoms. The molecule has 0 fully saturated rings. The number of rotatable bonds is 6. The van der Waals surface area contributed by atoms with Crippen LogP contribution in [0.2, 0.25) is 5.02 Å². The van der Waals surface area contributed by atoms with E-state index in [0.29, 0.717) is 5.02 Å². The highest BCUT2D eigenvalue weighted by Gasteiger charge is 2.19. The van der Waals surface area contributed by atoms with Gasteiger partial charge in [0, 0.05) is 36.6 Å². The van der Waals surface area contributed by atoms with Gasteiger partial charge in [-0.3, -0.25) is 9.67 Å². The second-order valence-corrected chi connectivity index (χ2v) is 7.75. The van der Waals surface area contributed by atoms with E-state index in [2.05, 4.69) is 14.8 Å². The molecular weight excluding hydrogens is 376 g/mol. The highest BCUT2D eigenvalue weighted by molar-refractivity contribution is 7.89. The summed E-state index contributed by atoms with van der Waals surface area (Å²) in [6.07, 6.45) is 5.20. The maximum absolute atomic E-state index is 12.5. The number of nitrogens with zero attached hydrogens (tertiary/aromatic N) is 3. The SMILES string of the molecule is COc1ccc(Cl)cc1S(=O)(=O)NCc1ccc(-c2cnn(C)c2)nc1. The number of aryl methyl sites for hydroxylation is 1. The van der Waals surface area contributed by atoms with Gasteiger partial charge in [-0.25, -0.2) is 13.1 Å². The average Bonchev–Trinajstić information content (AvgIpc) is 3.07. The molecule has 3 aromatic rings. The van der Waals surface area contributed by atoms with Gasteiger partial charge in [0.1, 0.15) is 10.6 Å². The van der Waals surface area contributed by atoms with E-state index in [1.165, 1.54) is 19.2 Å². The maximum atomic E-state index is 12.5. The molecular formula is C17H17ClN4O3S. The van der Waals surface area contributed by atoms with Gasteiger partial charge in [0.25, 0.3) is 0 Å². The van der Waals surface area contributed by atoms with Gasteiger partial charge in [-0.2, -0.15) is 5.10 Å². The topological polar surface area (TPSA) is 86.1 Å². The van der Waals surface area contributed by atoms with Crippen LogP contribution in [0.5, 0.6) is 5.75 Å². The monoisotopic (exact) mass is 392 g/mol. The van der Waals surface area contributed by atoms with Gasteiger partial charge in [0.05, 0.1) is 19.0 Å². The maximum Gasteiger partial charge on any atom is 0.244 e. The Bertz CT molecular complexity index is 1020. The number of ether oxygens (including phenoxy) is 1. The third kappa shape index (κ3) is 4.04. The lowest BCUT2D eigenvalue weighted by Crippen LogP contribution is -2.23. The summed E-state index contributed by atoms with van der Waals surface area (Å²) in [6, 6.07) is 8.07. The summed E-state index contributed by atoms with van der Waals surface area (Å²) >= 11 is 5.91. The van der Waals surface area contributed by atoms with Crippen LogP contribution < -0.4 is 9.46 Å². The number of methoxy groups -OCH3 is 1. The quantitative estimate of drug-likeness (QED) is 0.696. The molecule has 136 valence electrons. The van der Waals surface area contributed by atoms with Crippen LogP contribution >= 0.6 is 11.6 Å². The number of sulfonamides is 1. The molecule has 0 amide bonds. The first kappa shape index (κ1) is 18.4. The predicted octanol–water partition coefficient (Wildman–Crippen LogP) is 2.62. The second-order valence-electron chi connectivity index (χ2n) is 5.57. The van der Waals surface area contributed by atoms with Crippen molar-refractivity contribution in [1.29, 1.82) is 0 Å². The third-order valence-electron chi connectivity index (χ3n) is 3.71. The molecule has 0 atom stereocenters. The van der Waals surface area contributed by atoms with Gasteiger partial charge in [-0.1, -0.05) is 17.7 Å². The normalized spacial score (nSPS) is 11.5. The Balaban J connectivity index is 1.75. The Morgan fingerprint density at radius 1 is 1.23 bits per heavy atom. The van der Waals surface area contributed by atoms with Crippen LogP contribution in [0.15, 0.2) is 53.8 Å². The Labute approximate surface area is 156 Å². The number of nitrogens with one attached hydrogen (secondary N) is 1. The molecule has 1 aromatic carbocycles. The Kier molecular flexibility index (Phi) is 5.26. The van der Waals surface area contributed by atoms with Crippen LogP contribution in [0.1, 0.15) is 5.56 Å². The molecule has 1 N–H and O–H groups in total. The van der Waals surface area contributed by atoms with E-state index in [-0.39, 0.29) is 17.2 Å². The van der Waals surface area contributed by atoms with Gasteiger partial charge < -0.3 is 4.74 Å². The summed E-state index contributed by atoms with van der Waals surface area (Å²) < 4.78 is 34.4. The lowest BCUT2D eigenvalue weighted by Gasteiger charge is -2.11. The smallest absolute Gasteiger partial charge is 0.244 e. The summed E-state index contributed by atoms with van der Waals surface area (Å²) in [7, 11) is -0.547. The van der Waals surface area contributed by atoms with Crippen molar-refractivity contribution in [3.63, 3.8) is 0 Å². The van der Waals surface area contributed by atoms with Crippen molar-refractivity contribution in [3.05, 3.63) is 59.5 Å². The molecule has 2 heterocycles. The van der Waals surface area contributed by atoms with E-state index >= 15 is 0 Å². The zero-order valence-corrected chi connectivity index (χ0v) is 15.8. The summed E-state index contributed by atoms with van der Waals surface area (Å²) in [5.74, 6) is 0.229. The fraction of sp³-hybridized carbons (Fsp3) is 0.176. The van der Waals surface area contributed by atoms with Crippen LogP contribution in [-0.2, 0) is 23.6 Å². The minimum atomic E-state index is -3.78. The van der Waals surface area contributed by atoms with E-state index in [1.807, 2.05) is 25.4 Å². The number of hydrogen-bond donors (Lipinski definition) is 1. The Morgan fingerprint density at radius 3 is 2.65 bits per heavy atom. The lowest BCUT2D eigenvalue weighted by atomic mass is 10.2. The van der Waals surface area contributed by atoms with E-state index in [4.69, 9.17) is 16.3 Å². The van der Waals surface area contributed by atoms with Crippen LogP contribution in [0.25, 0.3) is 11.3 Å². The number of aromatic nitrogens is 3. The molecule has 3 rings (SSSR count). The fourth-order valence-electron chi connectivity index (χ4n) is 2.37. The van der Waals surface area contributed by atoms with Crippen LogP contribution in [-0.4, -0.2) is 30.3 Å². The van der Waals surface area contributed by atoms with Crippen molar-refractivity contribution >= 4 is 21.6 Å². The molecule has 0 unspecified atom stereocenters. The second kappa shape index (κ2) is 7.45. The van der Waals surface area contributed by atoms with Gasteiger partial charge in [-0.05, 0) is 29.8 Å². The van der Waals surface area contributed by atoms with Crippen molar-refractivity contribution in [3.8, 4) is 17.0 Å². The molecule has 9 heteroatoms. The summed E-state index contributed by atoms with van der Waals surface area (Å²) in [5, 5.41) is 4.42. The van der Waals surface area contributed by atoms with Crippen LogP contribution in [0, 0.1) is 0 Å². The molecule has 0 aliphatic rings. The molecule has 0 spiro atoms. The number of hydrogen-bond acceptors (Lipinski definition) is 5. The molecule has 0 aliphatic carbocycles. The van der Waals surface area contributed by atoms with E-state index in [0.717, 1.165) is 16.8 Å². The number of benzene rings is 1. The van der Waals surface area contributed by atoms with Crippen LogP contribution in [0.4, 0.5) is 0 Å². The van der Waals surface area contributed by atoms with Gasteiger partial charge in [-0.15, -0.1) is 0 Å². The highest BCUT2D eigenvalue weighted by atomic mass is 35.5. The van der Waals surface area contributed by atoms with Crippen molar-refractivity contribution < 1.29 is 13.2 Å². The van der Waals surface area contributed by atoms with Gasteiger partial charge in [0.2, 0.25) is 10.0 Å². The van der Waals surface area contributed by atoms with E-state index < -0.39 is 10.0 Å². The summed E-state index contributed by atoms with van der Waals surface area (Å²) in [5.41, 5.74) is 2.38. The van der Waals surface area contributed by atoms with Crippen molar-refractivity contribution in [2.24, 2.45) is 7.05 Å². The number of halogens is 1. The first-order valence-electron chi connectivity index (χ1n) is 7.66. The standard InChI is InChI=1S/C17H17ClN4O3S/c1-22-11-13(10-20-22)15-5-3-12(8-19-15)9-21-26(23,24)17-7-14(18)4-6-16(17)25-2/h3-8,10-11,21H,9H2,1-2H3. The van der Waals surface area contributed by atoms with Gasteiger partial charge in [0.15, 0.2) is 0 Å². The largest absolute Gasteiger partial charge is 0.495 e. The Hall–Kier alpha value is -2.42. The first-order chi connectivity index (χ1) is 12.4. The first-order valence-corrected chi connectivity index (χ1v) is 9.52. The minimum Gasteiger partial charge on any atom is -0.495 e. The lowest BCUT2D eigenvalue weighted by molar-refractivity contribution is 0.402. The van der Waals surface area contributed by atoms with Crippen molar-refractivity contribution in [2.75, 3.05) is 7.11 Å². The summed E-state index contributed by atoms with van der Waals surface area (Å²) in [6.45, 7) is 0.0956. The molecule has 0 radical (unpaired) electrons. The van der Waals surface area contributed by atoms with E-state index in [9.17, 15) is 8.42 Å². The predicted molar refractivity (Wildman–Crippen MR) is 98.5 cm³/mol. The Morgan fingerprint density at radius 2 is 2.04 bits per heavy atom. The van der Waals surface area contributed by atoms with Crippen molar-refractivity contribution in [2.45, 2.75) is 11.4 Å². The zero-order chi connectivity index (χ0) is 18.7. The van der Waals surface area contributed by atoms with Crippen molar-refractivity contribution in [1.82, 2.24) is 19.5 Å². The molecule has 0 aliphatic heterocycles. The average molecular weight is 393 g/mol. The highest BCUT2D eigenvalue weighted by Crippen LogP contribution is 2.27. The van der Waals surface area contributed by atoms with E-state index in [1.54, 1.807) is 23.1 Å². The number of pyridine rings is 1.